The Morgan fingerprint density at radius 2 is 1.74 bits per heavy atom. The van der Waals surface area contributed by atoms with Crippen molar-refractivity contribution in [2.45, 2.75) is 57.7 Å². The number of carbonyl (C=O) groups is 2. The zero-order chi connectivity index (χ0) is 17.3. The molecule has 1 aromatic rings. The lowest BCUT2D eigenvalue weighted by molar-refractivity contribution is 0.0594. The van der Waals surface area contributed by atoms with Gasteiger partial charge in [-0.05, 0) is 52.7 Å². The number of piperidine rings is 1. The summed E-state index contributed by atoms with van der Waals surface area (Å²) in [7, 11) is 1.29. The van der Waals surface area contributed by atoms with Gasteiger partial charge >= 0.3 is 5.97 Å². The molecule has 0 bridgehead atoms. The van der Waals surface area contributed by atoms with Crippen LogP contribution in [-0.2, 0) is 4.74 Å². The second-order valence-electron chi connectivity index (χ2n) is 7.37. The molecule has 0 saturated carbocycles. The molecule has 0 spiro atoms. The SMILES string of the molecule is COC(=O)c1cccc(C(=O)NC2CC(C)(C)NC(C)(C)C2)n1. The predicted octanol–water partition coefficient (Wildman–Crippen LogP) is 1.91. The van der Waals surface area contributed by atoms with Crippen LogP contribution in [0.4, 0.5) is 0 Å². The lowest BCUT2D eigenvalue weighted by Crippen LogP contribution is -2.62. The summed E-state index contributed by atoms with van der Waals surface area (Å²) < 4.78 is 4.63. The summed E-state index contributed by atoms with van der Waals surface area (Å²) in [4.78, 5) is 28.1. The number of nitrogens with zero attached hydrogens (tertiary/aromatic N) is 1. The van der Waals surface area contributed by atoms with Crippen LogP contribution in [0.3, 0.4) is 0 Å². The number of pyridine rings is 1. The molecule has 0 radical (unpaired) electrons. The highest BCUT2D eigenvalue weighted by molar-refractivity contribution is 5.94. The second kappa shape index (κ2) is 6.28. The first-order chi connectivity index (χ1) is 10.6. The maximum absolute atomic E-state index is 12.5. The average molecular weight is 319 g/mol. The summed E-state index contributed by atoms with van der Waals surface area (Å²) in [5.41, 5.74) is 0.246. The Kier molecular flexibility index (Phi) is 4.75. The number of hydrogen-bond donors (Lipinski definition) is 2. The van der Waals surface area contributed by atoms with E-state index in [9.17, 15) is 9.59 Å². The number of ether oxygens (including phenoxy) is 1. The molecular formula is C17H25N3O3. The summed E-state index contributed by atoms with van der Waals surface area (Å²) in [6.07, 6.45) is 1.66. The van der Waals surface area contributed by atoms with Gasteiger partial charge in [-0.15, -0.1) is 0 Å². The monoisotopic (exact) mass is 319 g/mol. The molecule has 0 aromatic carbocycles. The summed E-state index contributed by atoms with van der Waals surface area (Å²) >= 11 is 0. The minimum absolute atomic E-state index is 0.0531. The topological polar surface area (TPSA) is 80.3 Å². The van der Waals surface area contributed by atoms with E-state index in [0.717, 1.165) is 12.8 Å². The minimum Gasteiger partial charge on any atom is -0.464 e. The average Bonchev–Trinajstić information content (AvgIpc) is 2.43. The van der Waals surface area contributed by atoms with E-state index in [0.29, 0.717) is 0 Å². The van der Waals surface area contributed by atoms with Crippen LogP contribution in [0.1, 0.15) is 61.5 Å². The van der Waals surface area contributed by atoms with Crippen LogP contribution in [0, 0.1) is 0 Å². The largest absolute Gasteiger partial charge is 0.464 e. The molecule has 0 aliphatic carbocycles. The number of amides is 1. The molecule has 23 heavy (non-hydrogen) atoms. The molecule has 1 aliphatic rings. The normalized spacial score (nSPS) is 19.9. The van der Waals surface area contributed by atoms with Crippen LogP contribution in [-0.4, -0.2) is 41.1 Å². The van der Waals surface area contributed by atoms with Crippen LogP contribution in [0.15, 0.2) is 18.2 Å². The third-order valence-corrected chi connectivity index (χ3v) is 3.90. The standard InChI is InChI=1S/C17H25N3O3/c1-16(2)9-11(10-17(3,4)20-16)18-14(21)12-7-6-8-13(19-12)15(22)23-5/h6-8,11,20H,9-10H2,1-5H3,(H,18,21). The zero-order valence-electron chi connectivity index (χ0n) is 14.4. The van der Waals surface area contributed by atoms with Gasteiger partial charge in [-0.2, -0.15) is 0 Å². The molecule has 1 aliphatic heterocycles. The summed E-state index contributed by atoms with van der Waals surface area (Å²) in [6, 6.07) is 4.81. The molecule has 1 aromatic heterocycles. The highest BCUT2D eigenvalue weighted by atomic mass is 16.5. The van der Waals surface area contributed by atoms with Crippen molar-refractivity contribution < 1.29 is 14.3 Å². The zero-order valence-corrected chi connectivity index (χ0v) is 14.4. The Hall–Kier alpha value is -1.95. The number of methoxy groups -OCH3 is 1. The molecule has 126 valence electrons. The Morgan fingerprint density at radius 1 is 1.17 bits per heavy atom. The summed E-state index contributed by atoms with van der Waals surface area (Å²) in [5.74, 6) is -0.821. The van der Waals surface area contributed by atoms with E-state index in [1.807, 2.05) is 0 Å². The van der Waals surface area contributed by atoms with Gasteiger partial charge < -0.3 is 15.4 Å². The molecule has 6 nitrogen and oxygen atoms in total. The van der Waals surface area contributed by atoms with Crippen molar-refractivity contribution >= 4 is 11.9 Å². The predicted molar refractivity (Wildman–Crippen MR) is 87.4 cm³/mol. The number of aromatic nitrogens is 1. The summed E-state index contributed by atoms with van der Waals surface area (Å²) in [5, 5.41) is 6.62. The van der Waals surface area contributed by atoms with Crippen molar-refractivity contribution in [1.82, 2.24) is 15.6 Å². The number of carbonyl (C=O) groups excluding carboxylic acids is 2. The first kappa shape index (κ1) is 17.4. The van der Waals surface area contributed by atoms with Crippen LogP contribution in [0.5, 0.6) is 0 Å². The molecular weight excluding hydrogens is 294 g/mol. The summed E-state index contributed by atoms with van der Waals surface area (Å²) in [6.45, 7) is 8.51. The van der Waals surface area contributed by atoms with Crippen molar-refractivity contribution in [2.24, 2.45) is 0 Å². The highest BCUT2D eigenvalue weighted by Crippen LogP contribution is 2.28. The highest BCUT2D eigenvalue weighted by Gasteiger charge is 2.38. The van der Waals surface area contributed by atoms with Crippen molar-refractivity contribution in [3.8, 4) is 0 Å². The van der Waals surface area contributed by atoms with Gasteiger partial charge in [0.15, 0.2) is 0 Å². The third-order valence-electron chi connectivity index (χ3n) is 3.90. The van der Waals surface area contributed by atoms with Crippen molar-refractivity contribution in [2.75, 3.05) is 7.11 Å². The maximum atomic E-state index is 12.5. The van der Waals surface area contributed by atoms with E-state index < -0.39 is 5.97 Å². The van der Waals surface area contributed by atoms with Crippen molar-refractivity contribution in [3.63, 3.8) is 0 Å². The molecule has 1 saturated heterocycles. The Balaban J connectivity index is 2.11. The molecule has 1 amide bonds. The van der Waals surface area contributed by atoms with E-state index in [1.54, 1.807) is 12.1 Å². The number of nitrogens with one attached hydrogen (secondary N) is 2. The molecule has 2 heterocycles. The van der Waals surface area contributed by atoms with Gasteiger partial charge in [-0.3, -0.25) is 4.79 Å². The molecule has 2 N–H and O–H groups in total. The van der Waals surface area contributed by atoms with Gasteiger partial charge in [0.1, 0.15) is 11.4 Å². The molecule has 6 heteroatoms. The van der Waals surface area contributed by atoms with Gasteiger partial charge in [0.2, 0.25) is 0 Å². The van der Waals surface area contributed by atoms with Crippen LogP contribution >= 0.6 is 0 Å². The van der Waals surface area contributed by atoms with E-state index in [1.165, 1.54) is 13.2 Å². The fourth-order valence-corrected chi connectivity index (χ4v) is 3.46. The van der Waals surface area contributed by atoms with E-state index in [4.69, 9.17) is 0 Å². The van der Waals surface area contributed by atoms with E-state index >= 15 is 0 Å². The Morgan fingerprint density at radius 3 is 2.30 bits per heavy atom. The maximum Gasteiger partial charge on any atom is 0.356 e. The number of esters is 1. The first-order valence-electron chi connectivity index (χ1n) is 7.77. The molecule has 2 rings (SSSR count). The molecule has 0 unspecified atom stereocenters. The van der Waals surface area contributed by atoms with Crippen LogP contribution in [0.25, 0.3) is 0 Å². The van der Waals surface area contributed by atoms with Gasteiger partial charge in [0.05, 0.1) is 7.11 Å². The first-order valence-corrected chi connectivity index (χ1v) is 7.77. The van der Waals surface area contributed by atoms with Crippen molar-refractivity contribution in [3.05, 3.63) is 29.6 Å². The lowest BCUT2D eigenvalue weighted by Gasteiger charge is -2.46. The molecule has 1 fully saturated rings. The van der Waals surface area contributed by atoms with E-state index in [-0.39, 0.29) is 34.4 Å². The fourth-order valence-electron chi connectivity index (χ4n) is 3.46. The van der Waals surface area contributed by atoms with Crippen LogP contribution in [0.2, 0.25) is 0 Å². The van der Waals surface area contributed by atoms with Crippen molar-refractivity contribution in [1.29, 1.82) is 0 Å². The lowest BCUT2D eigenvalue weighted by atomic mass is 9.79. The smallest absolute Gasteiger partial charge is 0.356 e. The van der Waals surface area contributed by atoms with Crippen LogP contribution < -0.4 is 10.6 Å². The minimum atomic E-state index is -0.552. The Bertz CT molecular complexity index is 595. The Labute approximate surface area is 137 Å². The quantitative estimate of drug-likeness (QED) is 0.832. The molecule has 0 atom stereocenters. The van der Waals surface area contributed by atoms with E-state index in [2.05, 4.69) is 48.0 Å². The van der Waals surface area contributed by atoms with Gasteiger partial charge in [-0.1, -0.05) is 6.07 Å². The second-order valence-corrected chi connectivity index (χ2v) is 7.37. The van der Waals surface area contributed by atoms with Gasteiger partial charge in [0, 0.05) is 17.1 Å². The number of hydrogen-bond acceptors (Lipinski definition) is 5. The van der Waals surface area contributed by atoms with Gasteiger partial charge in [-0.25, -0.2) is 9.78 Å². The number of rotatable bonds is 3. The third kappa shape index (κ3) is 4.51. The van der Waals surface area contributed by atoms with Gasteiger partial charge in [0.25, 0.3) is 5.91 Å². The fraction of sp³-hybridized carbons (Fsp3) is 0.588.